The molecule has 7 nitrogen and oxygen atoms in total. The van der Waals surface area contributed by atoms with Crippen molar-refractivity contribution in [3.63, 3.8) is 0 Å². The number of fused-ring (bicyclic) bond motifs is 1. The third-order valence-electron chi connectivity index (χ3n) is 5.77. The lowest BCUT2D eigenvalue weighted by Gasteiger charge is -2.47. The van der Waals surface area contributed by atoms with Crippen LogP contribution in [0.2, 0.25) is 0 Å². The van der Waals surface area contributed by atoms with Crippen molar-refractivity contribution in [1.29, 1.82) is 0 Å². The Morgan fingerprint density at radius 1 is 1.26 bits per heavy atom. The van der Waals surface area contributed by atoms with E-state index in [2.05, 4.69) is 29.6 Å². The van der Waals surface area contributed by atoms with Gasteiger partial charge < -0.3 is 15.4 Å². The number of carbonyl (C=O) groups excluding carboxylic acids is 1. The average molecular weight is 377 g/mol. The van der Waals surface area contributed by atoms with Gasteiger partial charge in [0.15, 0.2) is 0 Å². The molecule has 0 spiro atoms. The maximum absolute atomic E-state index is 12.6. The van der Waals surface area contributed by atoms with Crippen LogP contribution in [0.3, 0.4) is 0 Å². The van der Waals surface area contributed by atoms with E-state index in [0.717, 1.165) is 25.7 Å². The Morgan fingerprint density at radius 2 is 1.93 bits per heavy atom. The Hall–Kier alpha value is -1.89. The molecule has 7 heteroatoms. The molecule has 0 aliphatic heterocycles. The summed E-state index contributed by atoms with van der Waals surface area (Å²) in [7, 11) is 1.98. The standard InChI is InChI=1S/C20H32N4O3/c1-13(2)10-27-15-8-17(26)24(23-18(15)14(3)4)9-16(25)22-20-7-6-19(11-20,12-20)21-5/h8,13-14,21H,6-7,9-12H2,1-5H3,(H,22,25). The zero-order valence-corrected chi connectivity index (χ0v) is 17.1. The van der Waals surface area contributed by atoms with E-state index in [-0.39, 0.29) is 35.0 Å². The molecule has 3 fully saturated rings. The molecule has 3 aliphatic rings. The summed E-state index contributed by atoms with van der Waals surface area (Å²) in [5, 5.41) is 11.0. The number of carbonyl (C=O) groups is 1. The van der Waals surface area contributed by atoms with Crippen LogP contribution in [0.5, 0.6) is 5.75 Å². The minimum atomic E-state index is -0.310. The van der Waals surface area contributed by atoms with Gasteiger partial charge in [0.2, 0.25) is 5.91 Å². The van der Waals surface area contributed by atoms with E-state index in [9.17, 15) is 9.59 Å². The fourth-order valence-electron chi connectivity index (χ4n) is 4.37. The molecule has 0 radical (unpaired) electrons. The summed E-state index contributed by atoms with van der Waals surface area (Å²) in [6.45, 7) is 8.59. The molecular weight excluding hydrogens is 344 g/mol. The van der Waals surface area contributed by atoms with Crippen molar-refractivity contribution in [3.8, 4) is 5.75 Å². The molecule has 0 saturated heterocycles. The summed E-state index contributed by atoms with van der Waals surface area (Å²) in [6.07, 6.45) is 4.00. The summed E-state index contributed by atoms with van der Waals surface area (Å²) in [4.78, 5) is 25.0. The lowest BCUT2D eigenvalue weighted by atomic mass is 9.71. The van der Waals surface area contributed by atoms with Gasteiger partial charge in [0.25, 0.3) is 5.56 Å². The normalized spacial score (nSPS) is 26.3. The Kier molecular flexibility index (Phi) is 5.34. The molecule has 0 unspecified atom stereocenters. The number of aromatic nitrogens is 2. The van der Waals surface area contributed by atoms with Gasteiger partial charge in [-0.2, -0.15) is 5.10 Å². The summed E-state index contributed by atoms with van der Waals surface area (Å²) >= 11 is 0. The average Bonchev–Trinajstić information content (AvgIpc) is 3.10. The topological polar surface area (TPSA) is 85.2 Å². The number of amides is 1. The second kappa shape index (κ2) is 7.26. The number of ether oxygens (including phenoxy) is 1. The highest BCUT2D eigenvalue weighted by atomic mass is 16.5. The lowest BCUT2D eigenvalue weighted by molar-refractivity contribution is -0.125. The first kappa shape index (κ1) is 19.9. The van der Waals surface area contributed by atoms with Crippen molar-refractivity contribution in [2.75, 3.05) is 13.7 Å². The molecule has 1 aromatic rings. The number of rotatable bonds is 8. The highest BCUT2D eigenvalue weighted by Crippen LogP contribution is 2.54. The first-order chi connectivity index (χ1) is 12.7. The zero-order valence-electron chi connectivity index (χ0n) is 17.1. The molecule has 2 bridgehead atoms. The smallest absolute Gasteiger partial charge is 0.270 e. The van der Waals surface area contributed by atoms with Gasteiger partial charge in [-0.15, -0.1) is 0 Å². The molecule has 1 heterocycles. The number of nitrogens with one attached hydrogen (secondary N) is 2. The lowest BCUT2D eigenvalue weighted by Crippen LogP contribution is -2.63. The molecule has 150 valence electrons. The van der Waals surface area contributed by atoms with Crippen molar-refractivity contribution >= 4 is 5.91 Å². The molecule has 4 rings (SSSR count). The molecule has 2 N–H and O–H groups in total. The molecular formula is C20H32N4O3. The van der Waals surface area contributed by atoms with Gasteiger partial charge in [-0.05, 0) is 38.6 Å². The maximum atomic E-state index is 12.6. The van der Waals surface area contributed by atoms with Crippen LogP contribution in [0.4, 0.5) is 0 Å². The van der Waals surface area contributed by atoms with Crippen LogP contribution in [0.1, 0.15) is 65.0 Å². The van der Waals surface area contributed by atoms with E-state index in [1.54, 1.807) is 0 Å². The van der Waals surface area contributed by atoms with Gasteiger partial charge in [-0.25, -0.2) is 4.68 Å². The summed E-state index contributed by atoms with van der Waals surface area (Å²) in [5.74, 6) is 0.823. The van der Waals surface area contributed by atoms with E-state index in [0.29, 0.717) is 24.0 Å². The van der Waals surface area contributed by atoms with Gasteiger partial charge in [0.1, 0.15) is 18.0 Å². The molecule has 3 aliphatic carbocycles. The minimum absolute atomic E-state index is 0.0582. The Morgan fingerprint density at radius 3 is 2.48 bits per heavy atom. The van der Waals surface area contributed by atoms with E-state index in [1.807, 2.05) is 20.9 Å². The predicted molar refractivity (Wildman–Crippen MR) is 104 cm³/mol. The fourth-order valence-corrected chi connectivity index (χ4v) is 4.37. The second-order valence-electron chi connectivity index (χ2n) is 8.96. The third kappa shape index (κ3) is 4.03. The van der Waals surface area contributed by atoms with Crippen molar-refractivity contribution in [3.05, 3.63) is 22.1 Å². The highest BCUT2D eigenvalue weighted by Gasteiger charge is 2.60. The molecule has 0 atom stereocenters. The van der Waals surface area contributed by atoms with Crippen molar-refractivity contribution in [1.82, 2.24) is 20.4 Å². The van der Waals surface area contributed by atoms with Crippen molar-refractivity contribution in [2.45, 2.75) is 76.9 Å². The Balaban J connectivity index is 1.70. The summed E-state index contributed by atoms with van der Waals surface area (Å²) in [5.41, 5.74) is 0.489. The van der Waals surface area contributed by atoms with Crippen LogP contribution in [0.15, 0.2) is 10.9 Å². The first-order valence-electron chi connectivity index (χ1n) is 9.92. The molecule has 0 aromatic carbocycles. The van der Waals surface area contributed by atoms with Crippen LogP contribution in [-0.4, -0.2) is 40.4 Å². The minimum Gasteiger partial charge on any atom is -0.491 e. The molecule has 27 heavy (non-hydrogen) atoms. The summed E-state index contributed by atoms with van der Waals surface area (Å²) < 4.78 is 7.02. The van der Waals surface area contributed by atoms with Crippen molar-refractivity contribution < 1.29 is 9.53 Å². The molecule has 1 aromatic heterocycles. The van der Waals surface area contributed by atoms with E-state index >= 15 is 0 Å². The maximum Gasteiger partial charge on any atom is 0.270 e. The Labute approximate surface area is 160 Å². The molecule has 1 amide bonds. The third-order valence-corrected chi connectivity index (χ3v) is 5.77. The Bertz CT molecular complexity index is 763. The van der Waals surface area contributed by atoms with Gasteiger partial charge in [-0.3, -0.25) is 9.59 Å². The number of nitrogens with zero attached hydrogens (tertiary/aromatic N) is 2. The van der Waals surface area contributed by atoms with Crippen LogP contribution in [-0.2, 0) is 11.3 Å². The van der Waals surface area contributed by atoms with Crippen molar-refractivity contribution in [2.24, 2.45) is 5.92 Å². The second-order valence-corrected chi connectivity index (χ2v) is 8.96. The molecule has 3 saturated carbocycles. The predicted octanol–water partition coefficient (Wildman–Crippen LogP) is 1.80. The van der Waals surface area contributed by atoms with Gasteiger partial charge in [-0.1, -0.05) is 27.7 Å². The van der Waals surface area contributed by atoms with Crippen LogP contribution >= 0.6 is 0 Å². The quantitative estimate of drug-likeness (QED) is 0.723. The van der Waals surface area contributed by atoms with Crippen LogP contribution in [0, 0.1) is 5.92 Å². The highest BCUT2D eigenvalue weighted by molar-refractivity contribution is 5.77. The van der Waals surface area contributed by atoms with Gasteiger partial charge in [0.05, 0.1) is 6.61 Å². The number of hydrogen-bond donors (Lipinski definition) is 2. The van der Waals surface area contributed by atoms with Gasteiger partial charge in [0, 0.05) is 23.1 Å². The number of hydrogen-bond acceptors (Lipinski definition) is 5. The zero-order chi connectivity index (χ0) is 19.8. The monoisotopic (exact) mass is 376 g/mol. The van der Waals surface area contributed by atoms with E-state index in [1.165, 1.54) is 10.7 Å². The van der Waals surface area contributed by atoms with E-state index < -0.39 is 0 Å². The van der Waals surface area contributed by atoms with Crippen LogP contribution in [0.25, 0.3) is 0 Å². The fraction of sp³-hybridized carbons (Fsp3) is 0.750. The van der Waals surface area contributed by atoms with Crippen LogP contribution < -0.4 is 20.9 Å². The van der Waals surface area contributed by atoms with Gasteiger partial charge >= 0.3 is 0 Å². The SMILES string of the molecule is CNC12CCC(NC(=O)Cn3nc(C(C)C)c(OCC(C)C)cc3=O)(C1)C2. The largest absolute Gasteiger partial charge is 0.491 e. The first-order valence-corrected chi connectivity index (χ1v) is 9.92. The summed E-state index contributed by atoms with van der Waals surface area (Å²) in [6, 6.07) is 1.46. The van der Waals surface area contributed by atoms with E-state index in [4.69, 9.17) is 4.74 Å².